The highest BCUT2D eigenvalue weighted by Crippen LogP contribution is 2.39. The van der Waals surface area contributed by atoms with Crippen molar-refractivity contribution in [3.8, 4) is 0 Å². The minimum absolute atomic E-state index is 0.0481. The van der Waals surface area contributed by atoms with Gasteiger partial charge in [-0.1, -0.05) is 25.0 Å². The van der Waals surface area contributed by atoms with Crippen molar-refractivity contribution in [3.05, 3.63) is 29.8 Å². The number of aliphatic hydroxyl groups is 1. The van der Waals surface area contributed by atoms with Gasteiger partial charge in [-0.3, -0.25) is 0 Å². The molecule has 3 nitrogen and oxygen atoms in total. The van der Waals surface area contributed by atoms with Crippen LogP contribution in [-0.2, 0) is 14.7 Å². The third-order valence-electron chi connectivity index (χ3n) is 3.08. The molecule has 2 rings (SSSR count). The highest BCUT2D eigenvalue weighted by molar-refractivity contribution is 8.13. The van der Waals surface area contributed by atoms with Crippen molar-refractivity contribution < 1.29 is 13.5 Å². The summed E-state index contributed by atoms with van der Waals surface area (Å²) in [6.07, 6.45) is 3.29. The summed E-state index contributed by atoms with van der Waals surface area (Å²) in [6.45, 7) is 0. The highest BCUT2D eigenvalue weighted by atomic mass is 35.7. The summed E-state index contributed by atoms with van der Waals surface area (Å²) in [5.74, 6) is 0. The van der Waals surface area contributed by atoms with Crippen LogP contribution in [0.3, 0.4) is 0 Å². The Hall–Kier alpha value is -0.580. The summed E-state index contributed by atoms with van der Waals surface area (Å²) in [6, 6.07) is 6.26. The van der Waals surface area contributed by atoms with Crippen LogP contribution in [0.15, 0.2) is 29.2 Å². The molecule has 0 aromatic heterocycles. The van der Waals surface area contributed by atoms with Gasteiger partial charge in [0.05, 0.1) is 10.5 Å². The van der Waals surface area contributed by atoms with E-state index in [9.17, 15) is 13.5 Å². The number of hydrogen-bond donors (Lipinski definition) is 1. The third kappa shape index (κ3) is 2.24. The van der Waals surface area contributed by atoms with Gasteiger partial charge >= 0.3 is 0 Å². The summed E-state index contributed by atoms with van der Waals surface area (Å²) in [5, 5.41) is 10.3. The van der Waals surface area contributed by atoms with Crippen LogP contribution in [0.5, 0.6) is 0 Å². The molecule has 0 atom stereocenters. The quantitative estimate of drug-likeness (QED) is 0.831. The van der Waals surface area contributed by atoms with Crippen molar-refractivity contribution in [3.63, 3.8) is 0 Å². The maximum Gasteiger partial charge on any atom is 0.261 e. The zero-order valence-corrected chi connectivity index (χ0v) is 10.3. The second-order valence-electron chi connectivity index (χ2n) is 4.20. The SMILES string of the molecule is O=S(=O)(Cl)c1cccc(C2(O)CCCC2)c1. The highest BCUT2D eigenvalue weighted by Gasteiger charge is 2.33. The maximum absolute atomic E-state index is 11.2. The Morgan fingerprint density at radius 3 is 2.44 bits per heavy atom. The Bertz CT molecular complexity index is 490. The molecule has 0 unspecified atom stereocenters. The second kappa shape index (κ2) is 4.02. The normalized spacial score (nSPS) is 19.9. The van der Waals surface area contributed by atoms with Gasteiger partial charge < -0.3 is 5.11 Å². The van der Waals surface area contributed by atoms with Crippen LogP contribution in [0.25, 0.3) is 0 Å². The minimum atomic E-state index is -3.72. The van der Waals surface area contributed by atoms with Crippen LogP contribution >= 0.6 is 10.7 Å². The van der Waals surface area contributed by atoms with Gasteiger partial charge in [-0.15, -0.1) is 0 Å². The number of rotatable bonds is 2. The van der Waals surface area contributed by atoms with Crippen LogP contribution in [-0.4, -0.2) is 13.5 Å². The standard InChI is InChI=1S/C11H13ClO3S/c12-16(14,15)10-5-3-4-9(8-10)11(13)6-1-2-7-11/h3-5,8,13H,1-2,6-7H2. The maximum atomic E-state index is 11.2. The van der Waals surface area contributed by atoms with Crippen molar-refractivity contribution in [1.82, 2.24) is 0 Å². The number of halogens is 1. The molecule has 0 radical (unpaired) electrons. The van der Waals surface area contributed by atoms with E-state index in [2.05, 4.69) is 0 Å². The molecule has 1 fully saturated rings. The van der Waals surface area contributed by atoms with Crippen LogP contribution in [0, 0.1) is 0 Å². The molecule has 1 saturated carbocycles. The molecule has 0 aliphatic heterocycles. The molecule has 16 heavy (non-hydrogen) atoms. The average molecular weight is 261 g/mol. The lowest BCUT2D eigenvalue weighted by Crippen LogP contribution is -2.20. The number of benzene rings is 1. The molecule has 1 aliphatic rings. The first-order valence-corrected chi connectivity index (χ1v) is 7.50. The van der Waals surface area contributed by atoms with Crippen LogP contribution < -0.4 is 0 Å². The fourth-order valence-electron chi connectivity index (χ4n) is 2.19. The van der Waals surface area contributed by atoms with E-state index in [0.717, 1.165) is 12.8 Å². The van der Waals surface area contributed by atoms with Crippen molar-refractivity contribution in [2.24, 2.45) is 0 Å². The molecule has 0 saturated heterocycles. The average Bonchev–Trinajstić information content (AvgIpc) is 2.66. The van der Waals surface area contributed by atoms with E-state index in [1.54, 1.807) is 12.1 Å². The Labute approximate surface area is 99.5 Å². The molecular weight excluding hydrogens is 248 g/mol. The van der Waals surface area contributed by atoms with E-state index in [0.29, 0.717) is 18.4 Å². The summed E-state index contributed by atoms with van der Waals surface area (Å²) in [7, 11) is 1.55. The van der Waals surface area contributed by atoms with E-state index >= 15 is 0 Å². The summed E-state index contributed by atoms with van der Waals surface area (Å²) >= 11 is 0. The predicted octanol–water partition coefficient (Wildman–Crippen LogP) is 2.38. The van der Waals surface area contributed by atoms with E-state index in [1.807, 2.05) is 0 Å². The van der Waals surface area contributed by atoms with E-state index in [1.165, 1.54) is 12.1 Å². The van der Waals surface area contributed by atoms with Gasteiger partial charge in [-0.25, -0.2) is 8.42 Å². The van der Waals surface area contributed by atoms with Gasteiger partial charge in [-0.2, -0.15) is 0 Å². The van der Waals surface area contributed by atoms with Crippen LogP contribution in [0.1, 0.15) is 31.2 Å². The van der Waals surface area contributed by atoms with Gasteiger partial charge in [0.25, 0.3) is 9.05 Å². The topological polar surface area (TPSA) is 54.4 Å². The Morgan fingerprint density at radius 2 is 1.88 bits per heavy atom. The van der Waals surface area contributed by atoms with Crippen LogP contribution in [0.2, 0.25) is 0 Å². The number of hydrogen-bond acceptors (Lipinski definition) is 3. The van der Waals surface area contributed by atoms with Gasteiger partial charge in [0.1, 0.15) is 0 Å². The van der Waals surface area contributed by atoms with Crippen LogP contribution in [0.4, 0.5) is 0 Å². The first-order chi connectivity index (χ1) is 7.42. The van der Waals surface area contributed by atoms with Gasteiger partial charge in [0, 0.05) is 10.7 Å². The summed E-state index contributed by atoms with van der Waals surface area (Å²) < 4.78 is 22.4. The van der Waals surface area contributed by atoms with E-state index < -0.39 is 14.7 Å². The molecule has 0 heterocycles. The van der Waals surface area contributed by atoms with E-state index in [4.69, 9.17) is 10.7 Å². The van der Waals surface area contributed by atoms with Crippen molar-refractivity contribution >= 4 is 19.7 Å². The first kappa shape index (κ1) is 11.9. The zero-order valence-electron chi connectivity index (χ0n) is 8.69. The monoisotopic (exact) mass is 260 g/mol. The minimum Gasteiger partial charge on any atom is -0.385 e. The van der Waals surface area contributed by atoms with Gasteiger partial charge in [-0.05, 0) is 30.5 Å². The lowest BCUT2D eigenvalue weighted by Gasteiger charge is -2.22. The summed E-state index contributed by atoms with van der Waals surface area (Å²) in [5.41, 5.74) is -0.232. The van der Waals surface area contributed by atoms with Crippen molar-refractivity contribution in [2.75, 3.05) is 0 Å². The molecule has 0 bridgehead atoms. The fourth-order valence-corrected chi connectivity index (χ4v) is 2.98. The molecule has 1 aromatic carbocycles. The largest absolute Gasteiger partial charge is 0.385 e. The third-order valence-corrected chi connectivity index (χ3v) is 4.44. The molecule has 0 amide bonds. The zero-order chi connectivity index (χ0) is 11.8. The van der Waals surface area contributed by atoms with Crippen molar-refractivity contribution in [1.29, 1.82) is 0 Å². The Kier molecular flexibility index (Phi) is 2.99. The molecule has 1 N–H and O–H groups in total. The molecule has 1 aromatic rings. The smallest absolute Gasteiger partial charge is 0.261 e. The van der Waals surface area contributed by atoms with Gasteiger partial charge in [0.2, 0.25) is 0 Å². The van der Waals surface area contributed by atoms with Crippen molar-refractivity contribution in [2.45, 2.75) is 36.2 Å². The second-order valence-corrected chi connectivity index (χ2v) is 6.77. The summed E-state index contributed by atoms with van der Waals surface area (Å²) in [4.78, 5) is 0.0481. The molecule has 5 heteroatoms. The molecule has 0 spiro atoms. The Morgan fingerprint density at radius 1 is 1.25 bits per heavy atom. The first-order valence-electron chi connectivity index (χ1n) is 5.19. The Balaban J connectivity index is 2.44. The lowest BCUT2D eigenvalue weighted by molar-refractivity contribution is 0.0442. The lowest BCUT2D eigenvalue weighted by atomic mass is 9.92. The molecular formula is C11H13ClO3S. The predicted molar refractivity (Wildman–Crippen MR) is 61.8 cm³/mol. The molecule has 1 aliphatic carbocycles. The van der Waals surface area contributed by atoms with E-state index in [-0.39, 0.29) is 4.90 Å². The van der Waals surface area contributed by atoms with Gasteiger partial charge in [0.15, 0.2) is 0 Å². The fraction of sp³-hybridized carbons (Fsp3) is 0.455. The molecule has 88 valence electrons.